The van der Waals surface area contributed by atoms with E-state index in [9.17, 15) is 4.79 Å². The lowest BCUT2D eigenvalue weighted by atomic mass is 10.0. The van der Waals surface area contributed by atoms with Crippen LogP contribution in [0.4, 0.5) is 0 Å². The van der Waals surface area contributed by atoms with E-state index >= 15 is 0 Å². The summed E-state index contributed by atoms with van der Waals surface area (Å²) in [5.74, 6) is -0.364. The normalized spacial score (nSPS) is 12.6. The first-order valence-corrected chi connectivity index (χ1v) is 7.86. The zero-order chi connectivity index (χ0) is 17.2. The lowest BCUT2D eigenvalue weighted by Crippen LogP contribution is -2.29. The molecule has 0 heterocycles. The third-order valence-electron chi connectivity index (χ3n) is 3.55. The summed E-state index contributed by atoms with van der Waals surface area (Å²) in [4.78, 5) is 14.2. The highest BCUT2D eigenvalue weighted by Crippen LogP contribution is 2.14. The van der Waals surface area contributed by atoms with Crippen LogP contribution >= 0.6 is 0 Å². The fourth-order valence-electron chi connectivity index (χ4n) is 2.01. The number of rotatable bonds is 8. The zero-order valence-electron chi connectivity index (χ0n) is 14.4. The second-order valence-corrected chi connectivity index (χ2v) is 5.72. The molecule has 0 fully saturated rings. The van der Waals surface area contributed by atoms with Crippen LogP contribution in [0.15, 0.2) is 36.0 Å². The quantitative estimate of drug-likeness (QED) is 0.437. The summed E-state index contributed by atoms with van der Waals surface area (Å²) in [5.41, 5.74) is 2.36. The van der Waals surface area contributed by atoms with Crippen LogP contribution in [-0.2, 0) is 11.2 Å². The van der Waals surface area contributed by atoms with Crippen molar-refractivity contribution in [1.29, 1.82) is 5.26 Å². The third-order valence-corrected chi connectivity index (χ3v) is 3.55. The Labute approximate surface area is 139 Å². The minimum Gasteiger partial charge on any atom is -0.388 e. The average molecular weight is 314 g/mol. The van der Waals surface area contributed by atoms with E-state index in [-0.39, 0.29) is 17.5 Å². The highest BCUT2D eigenvalue weighted by Gasteiger charge is 2.13. The molecule has 1 aromatic rings. The Morgan fingerprint density at radius 1 is 1.35 bits per heavy atom. The van der Waals surface area contributed by atoms with Crippen molar-refractivity contribution in [1.82, 2.24) is 15.5 Å². The average Bonchev–Trinajstić information content (AvgIpc) is 2.54. The van der Waals surface area contributed by atoms with E-state index in [0.717, 1.165) is 18.5 Å². The first-order valence-electron chi connectivity index (χ1n) is 7.86. The summed E-state index contributed by atoms with van der Waals surface area (Å²) in [5, 5.41) is 15.0. The number of carbonyl (C=O) groups excluding carboxylic acids is 1. The van der Waals surface area contributed by atoms with Crippen molar-refractivity contribution in [3.63, 3.8) is 0 Å². The first-order chi connectivity index (χ1) is 11.0. The van der Waals surface area contributed by atoms with Crippen molar-refractivity contribution in [2.24, 2.45) is 0 Å². The predicted molar refractivity (Wildman–Crippen MR) is 92.6 cm³/mol. The SMILES string of the molecule is CCc1ccc(C(C)NC(=O)/C(C#N)=C\NCCN(C)C)cc1. The van der Waals surface area contributed by atoms with Crippen LogP contribution in [0.25, 0.3) is 0 Å². The molecular weight excluding hydrogens is 288 g/mol. The Morgan fingerprint density at radius 2 is 2.00 bits per heavy atom. The van der Waals surface area contributed by atoms with Gasteiger partial charge in [0.1, 0.15) is 11.6 Å². The number of nitrogens with zero attached hydrogens (tertiary/aromatic N) is 2. The van der Waals surface area contributed by atoms with Crippen LogP contribution in [0.2, 0.25) is 0 Å². The van der Waals surface area contributed by atoms with Gasteiger partial charge in [-0.05, 0) is 38.6 Å². The van der Waals surface area contributed by atoms with Gasteiger partial charge >= 0.3 is 0 Å². The largest absolute Gasteiger partial charge is 0.388 e. The maximum absolute atomic E-state index is 12.2. The number of hydrogen-bond donors (Lipinski definition) is 2. The maximum atomic E-state index is 12.2. The molecule has 124 valence electrons. The van der Waals surface area contributed by atoms with Gasteiger partial charge in [-0.15, -0.1) is 0 Å². The lowest BCUT2D eigenvalue weighted by molar-refractivity contribution is -0.117. The molecule has 1 rings (SSSR count). The molecule has 23 heavy (non-hydrogen) atoms. The van der Waals surface area contributed by atoms with E-state index in [0.29, 0.717) is 6.54 Å². The molecule has 0 aliphatic carbocycles. The van der Waals surface area contributed by atoms with Gasteiger partial charge in [0, 0.05) is 19.3 Å². The molecule has 2 N–H and O–H groups in total. The van der Waals surface area contributed by atoms with Crippen molar-refractivity contribution >= 4 is 5.91 Å². The molecular formula is C18H26N4O. The third kappa shape index (κ3) is 6.54. The summed E-state index contributed by atoms with van der Waals surface area (Å²) < 4.78 is 0. The van der Waals surface area contributed by atoms with Gasteiger partial charge in [-0.1, -0.05) is 31.2 Å². The molecule has 0 radical (unpaired) electrons. The maximum Gasteiger partial charge on any atom is 0.263 e. The van der Waals surface area contributed by atoms with E-state index in [2.05, 4.69) is 29.7 Å². The summed E-state index contributed by atoms with van der Waals surface area (Å²) in [6, 6.07) is 9.92. The molecule has 0 spiro atoms. The Morgan fingerprint density at radius 3 is 2.52 bits per heavy atom. The fraction of sp³-hybridized carbons (Fsp3) is 0.444. The van der Waals surface area contributed by atoms with Crippen LogP contribution < -0.4 is 10.6 Å². The molecule has 0 aromatic heterocycles. The van der Waals surface area contributed by atoms with Gasteiger partial charge in [-0.2, -0.15) is 5.26 Å². The van der Waals surface area contributed by atoms with E-state index in [1.807, 2.05) is 44.1 Å². The second kappa shape index (κ2) is 9.65. The van der Waals surface area contributed by atoms with Gasteiger partial charge in [0.25, 0.3) is 5.91 Å². The van der Waals surface area contributed by atoms with Crippen molar-refractivity contribution < 1.29 is 4.79 Å². The number of carbonyl (C=O) groups is 1. The summed E-state index contributed by atoms with van der Waals surface area (Å²) in [6.45, 7) is 5.53. The Kier molecular flexibility index (Phi) is 7.86. The summed E-state index contributed by atoms with van der Waals surface area (Å²) >= 11 is 0. The standard InChI is InChI=1S/C18H26N4O/c1-5-15-6-8-16(9-7-15)14(2)21-18(23)17(12-19)13-20-10-11-22(3)4/h6-9,13-14,20H,5,10-11H2,1-4H3,(H,21,23)/b17-13-. The zero-order valence-corrected chi connectivity index (χ0v) is 14.4. The number of aryl methyl sites for hydroxylation is 1. The van der Waals surface area contributed by atoms with Crippen molar-refractivity contribution in [3.8, 4) is 6.07 Å². The molecule has 1 aromatic carbocycles. The number of amides is 1. The number of nitrogens with one attached hydrogen (secondary N) is 2. The van der Waals surface area contributed by atoms with Crippen LogP contribution in [0.1, 0.15) is 31.0 Å². The molecule has 0 saturated carbocycles. The molecule has 1 amide bonds. The molecule has 5 nitrogen and oxygen atoms in total. The predicted octanol–water partition coefficient (Wildman–Crippen LogP) is 1.98. The van der Waals surface area contributed by atoms with E-state index in [4.69, 9.17) is 5.26 Å². The van der Waals surface area contributed by atoms with Gasteiger partial charge in [0.15, 0.2) is 0 Å². The van der Waals surface area contributed by atoms with E-state index < -0.39 is 0 Å². The smallest absolute Gasteiger partial charge is 0.263 e. The minimum atomic E-state index is -0.364. The number of nitriles is 1. The number of likely N-dealkylation sites (N-methyl/N-ethyl adjacent to an activating group) is 1. The van der Waals surface area contributed by atoms with E-state index in [1.165, 1.54) is 11.8 Å². The van der Waals surface area contributed by atoms with Crippen molar-refractivity contribution in [2.45, 2.75) is 26.3 Å². The van der Waals surface area contributed by atoms with Crippen LogP contribution in [0.3, 0.4) is 0 Å². The number of hydrogen-bond acceptors (Lipinski definition) is 4. The van der Waals surface area contributed by atoms with Gasteiger partial charge < -0.3 is 15.5 Å². The molecule has 5 heteroatoms. The second-order valence-electron chi connectivity index (χ2n) is 5.72. The van der Waals surface area contributed by atoms with Crippen LogP contribution in [0, 0.1) is 11.3 Å². The topological polar surface area (TPSA) is 68.2 Å². The van der Waals surface area contributed by atoms with Crippen molar-refractivity contribution in [3.05, 3.63) is 47.2 Å². The van der Waals surface area contributed by atoms with Crippen LogP contribution in [-0.4, -0.2) is 38.0 Å². The summed E-state index contributed by atoms with van der Waals surface area (Å²) in [7, 11) is 3.93. The molecule has 0 saturated heterocycles. The Hall–Kier alpha value is -2.32. The van der Waals surface area contributed by atoms with Crippen molar-refractivity contribution in [2.75, 3.05) is 27.2 Å². The highest BCUT2D eigenvalue weighted by atomic mass is 16.1. The molecule has 1 atom stereocenters. The fourth-order valence-corrected chi connectivity index (χ4v) is 2.01. The molecule has 0 bridgehead atoms. The highest BCUT2D eigenvalue weighted by molar-refractivity contribution is 5.97. The minimum absolute atomic E-state index is 0.0841. The Balaban J connectivity index is 2.60. The molecule has 1 unspecified atom stereocenters. The van der Waals surface area contributed by atoms with Crippen LogP contribution in [0.5, 0.6) is 0 Å². The monoisotopic (exact) mass is 314 g/mol. The van der Waals surface area contributed by atoms with E-state index in [1.54, 1.807) is 0 Å². The molecule has 0 aliphatic rings. The van der Waals surface area contributed by atoms with Gasteiger partial charge in [-0.25, -0.2) is 0 Å². The van der Waals surface area contributed by atoms with Gasteiger partial charge in [0.05, 0.1) is 6.04 Å². The molecule has 0 aliphatic heterocycles. The lowest BCUT2D eigenvalue weighted by Gasteiger charge is -2.14. The Bertz CT molecular complexity index is 570. The van der Waals surface area contributed by atoms with Gasteiger partial charge in [0.2, 0.25) is 0 Å². The number of benzene rings is 1. The van der Waals surface area contributed by atoms with Gasteiger partial charge in [-0.3, -0.25) is 4.79 Å². The summed E-state index contributed by atoms with van der Waals surface area (Å²) in [6.07, 6.45) is 2.46. The first kappa shape index (κ1) is 18.7.